The van der Waals surface area contributed by atoms with Crippen molar-refractivity contribution in [1.82, 2.24) is 14.7 Å². The van der Waals surface area contributed by atoms with Crippen molar-refractivity contribution < 1.29 is 8.78 Å². The van der Waals surface area contributed by atoms with Crippen LogP contribution in [0.15, 0.2) is 21.4 Å². The zero-order valence-corrected chi connectivity index (χ0v) is 13.7. The highest BCUT2D eigenvalue weighted by atomic mass is 32.2. The van der Waals surface area contributed by atoms with E-state index in [1.54, 1.807) is 6.92 Å². The molecule has 0 bridgehead atoms. The van der Waals surface area contributed by atoms with Crippen LogP contribution < -0.4 is 5.32 Å². The number of halogens is 2. The molecule has 0 aliphatic carbocycles. The third kappa shape index (κ3) is 4.72. The summed E-state index contributed by atoms with van der Waals surface area (Å²) in [6, 6.07) is 2.74. The average Bonchev–Trinajstić information content (AvgIpc) is 2.79. The van der Waals surface area contributed by atoms with E-state index in [4.69, 9.17) is 0 Å². The van der Waals surface area contributed by atoms with Gasteiger partial charge in [-0.1, -0.05) is 25.6 Å². The molecule has 0 fully saturated rings. The first-order chi connectivity index (χ1) is 9.95. The van der Waals surface area contributed by atoms with E-state index < -0.39 is 11.6 Å². The SMILES string of the molecule is Cc1nsc(Sc2c(F)cc(CNCC(C)C)cc2F)n1. The molecule has 21 heavy (non-hydrogen) atoms. The molecule has 0 aliphatic rings. The van der Waals surface area contributed by atoms with E-state index in [9.17, 15) is 8.78 Å². The Labute approximate surface area is 131 Å². The molecule has 7 heteroatoms. The lowest BCUT2D eigenvalue weighted by Crippen LogP contribution is -2.19. The fraction of sp³-hybridized carbons (Fsp3) is 0.429. The Morgan fingerprint density at radius 2 is 1.95 bits per heavy atom. The van der Waals surface area contributed by atoms with Crippen LogP contribution in [0.5, 0.6) is 0 Å². The highest BCUT2D eigenvalue weighted by Crippen LogP contribution is 2.33. The van der Waals surface area contributed by atoms with Gasteiger partial charge in [-0.2, -0.15) is 4.37 Å². The molecule has 0 radical (unpaired) electrons. The molecule has 1 aromatic heterocycles. The van der Waals surface area contributed by atoms with Crippen LogP contribution in [-0.4, -0.2) is 15.9 Å². The van der Waals surface area contributed by atoms with Gasteiger partial charge in [0, 0.05) is 6.54 Å². The van der Waals surface area contributed by atoms with Crippen molar-refractivity contribution in [2.24, 2.45) is 5.92 Å². The van der Waals surface area contributed by atoms with Gasteiger partial charge in [-0.3, -0.25) is 0 Å². The molecule has 3 nitrogen and oxygen atoms in total. The maximum Gasteiger partial charge on any atom is 0.175 e. The molecular formula is C14H17F2N3S2. The predicted molar refractivity (Wildman–Crippen MR) is 81.7 cm³/mol. The third-order valence-electron chi connectivity index (χ3n) is 2.64. The van der Waals surface area contributed by atoms with E-state index in [0.29, 0.717) is 28.2 Å². The first kappa shape index (κ1) is 16.3. The summed E-state index contributed by atoms with van der Waals surface area (Å²) in [6.07, 6.45) is 0. The summed E-state index contributed by atoms with van der Waals surface area (Å²) in [7, 11) is 0. The summed E-state index contributed by atoms with van der Waals surface area (Å²) in [6.45, 7) is 7.17. The Balaban J connectivity index is 2.09. The molecule has 0 saturated heterocycles. The number of rotatable bonds is 6. The Morgan fingerprint density at radius 1 is 1.29 bits per heavy atom. The Bertz CT molecular complexity index is 591. The van der Waals surface area contributed by atoms with Gasteiger partial charge in [0.2, 0.25) is 0 Å². The smallest absolute Gasteiger partial charge is 0.175 e. The number of aryl methyl sites for hydroxylation is 1. The quantitative estimate of drug-likeness (QED) is 0.868. The van der Waals surface area contributed by atoms with Crippen LogP contribution in [0.3, 0.4) is 0 Å². The van der Waals surface area contributed by atoms with Gasteiger partial charge in [-0.25, -0.2) is 13.8 Å². The van der Waals surface area contributed by atoms with Crippen molar-refractivity contribution in [1.29, 1.82) is 0 Å². The molecule has 0 aliphatic heterocycles. The van der Waals surface area contributed by atoms with Crippen molar-refractivity contribution in [3.8, 4) is 0 Å². The largest absolute Gasteiger partial charge is 0.312 e. The second-order valence-corrected chi connectivity index (χ2v) is 7.13. The molecule has 0 spiro atoms. The van der Waals surface area contributed by atoms with E-state index in [1.807, 2.05) is 0 Å². The minimum atomic E-state index is -0.561. The van der Waals surface area contributed by atoms with E-state index in [2.05, 4.69) is 28.5 Å². The molecule has 1 heterocycles. The number of nitrogens with one attached hydrogen (secondary N) is 1. The first-order valence-corrected chi connectivity index (χ1v) is 8.21. The second kappa shape index (κ2) is 7.29. The van der Waals surface area contributed by atoms with Crippen molar-refractivity contribution in [2.75, 3.05) is 6.54 Å². The highest BCUT2D eigenvalue weighted by Gasteiger charge is 2.15. The van der Waals surface area contributed by atoms with E-state index in [-0.39, 0.29) is 4.90 Å². The van der Waals surface area contributed by atoms with Gasteiger partial charge in [0.25, 0.3) is 0 Å². The Morgan fingerprint density at radius 3 is 2.48 bits per heavy atom. The summed E-state index contributed by atoms with van der Waals surface area (Å²) in [4.78, 5) is 4.08. The van der Waals surface area contributed by atoms with E-state index in [1.165, 1.54) is 12.1 Å². The van der Waals surface area contributed by atoms with Gasteiger partial charge in [-0.15, -0.1) is 0 Å². The molecule has 0 unspecified atom stereocenters. The van der Waals surface area contributed by atoms with Crippen LogP contribution in [0.1, 0.15) is 25.2 Å². The van der Waals surface area contributed by atoms with Crippen molar-refractivity contribution in [3.05, 3.63) is 35.2 Å². The minimum absolute atomic E-state index is 0.0289. The standard InChI is InChI=1S/C14H17F2N3S2/c1-8(2)6-17-7-10-4-11(15)13(12(16)5-10)20-14-18-9(3)19-21-14/h4-5,8,17H,6-7H2,1-3H3. The topological polar surface area (TPSA) is 37.8 Å². The zero-order chi connectivity index (χ0) is 15.4. The molecule has 0 atom stereocenters. The van der Waals surface area contributed by atoms with Gasteiger partial charge in [-0.05, 0) is 48.6 Å². The predicted octanol–water partition coefficient (Wildman–Crippen LogP) is 4.02. The monoisotopic (exact) mass is 329 g/mol. The number of hydrogen-bond acceptors (Lipinski definition) is 5. The van der Waals surface area contributed by atoms with Crippen LogP contribution >= 0.6 is 23.3 Å². The zero-order valence-electron chi connectivity index (χ0n) is 12.1. The number of nitrogens with zero attached hydrogens (tertiary/aromatic N) is 2. The van der Waals surface area contributed by atoms with E-state index >= 15 is 0 Å². The van der Waals surface area contributed by atoms with Crippen LogP contribution in [0.4, 0.5) is 8.78 Å². The average molecular weight is 329 g/mol. The molecule has 0 amide bonds. The van der Waals surface area contributed by atoms with Crippen LogP contribution in [0.2, 0.25) is 0 Å². The van der Waals surface area contributed by atoms with Gasteiger partial charge in [0.1, 0.15) is 17.5 Å². The second-order valence-electron chi connectivity index (χ2n) is 5.12. The lowest BCUT2D eigenvalue weighted by atomic mass is 10.2. The number of aromatic nitrogens is 2. The van der Waals surface area contributed by atoms with Gasteiger partial charge >= 0.3 is 0 Å². The molecule has 0 saturated carbocycles. The maximum absolute atomic E-state index is 14.1. The molecule has 1 N–H and O–H groups in total. The van der Waals surface area contributed by atoms with Crippen molar-refractivity contribution in [3.63, 3.8) is 0 Å². The molecular weight excluding hydrogens is 312 g/mol. The summed E-state index contributed by atoms with van der Waals surface area (Å²) in [5, 5.41) is 3.17. The number of benzene rings is 1. The van der Waals surface area contributed by atoms with Crippen molar-refractivity contribution >= 4 is 23.3 Å². The van der Waals surface area contributed by atoms with Gasteiger partial charge in [0.15, 0.2) is 4.34 Å². The number of hydrogen-bond donors (Lipinski definition) is 1. The summed E-state index contributed by atoms with van der Waals surface area (Å²) >= 11 is 2.11. The van der Waals surface area contributed by atoms with Crippen LogP contribution in [0.25, 0.3) is 0 Å². The summed E-state index contributed by atoms with van der Waals surface area (Å²) in [5.74, 6) is -0.0172. The van der Waals surface area contributed by atoms with E-state index in [0.717, 1.165) is 29.8 Å². The molecule has 2 aromatic rings. The first-order valence-electron chi connectivity index (χ1n) is 6.62. The van der Waals surface area contributed by atoms with Crippen LogP contribution in [-0.2, 0) is 6.54 Å². The van der Waals surface area contributed by atoms with Crippen LogP contribution in [0, 0.1) is 24.5 Å². The molecule has 1 aromatic carbocycles. The minimum Gasteiger partial charge on any atom is -0.312 e. The third-order valence-corrected chi connectivity index (χ3v) is 4.57. The lowest BCUT2D eigenvalue weighted by molar-refractivity contribution is 0.525. The van der Waals surface area contributed by atoms with Gasteiger partial charge < -0.3 is 5.32 Å². The fourth-order valence-corrected chi connectivity index (χ4v) is 3.32. The highest BCUT2D eigenvalue weighted by molar-refractivity contribution is 8.01. The van der Waals surface area contributed by atoms with Crippen molar-refractivity contribution in [2.45, 2.75) is 36.6 Å². The Kier molecular flexibility index (Phi) is 5.66. The normalized spacial score (nSPS) is 11.3. The molecule has 114 valence electrons. The van der Waals surface area contributed by atoms with Gasteiger partial charge in [0.05, 0.1) is 4.90 Å². The summed E-state index contributed by atoms with van der Waals surface area (Å²) < 4.78 is 32.7. The molecule has 2 rings (SSSR count). The fourth-order valence-electron chi connectivity index (χ4n) is 1.72. The lowest BCUT2D eigenvalue weighted by Gasteiger charge is -2.09. The Hall–Kier alpha value is -1.05. The maximum atomic E-state index is 14.1. The summed E-state index contributed by atoms with van der Waals surface area (Å²) in [5.41, 5.74) is 0.600.